The topological polar surface area (TPSA) is 30.5 Å². The number of unbranched alkanes of at least 4 members (excludes halogenated alkanes) is 2. The Kier molecular flexibility index (Phi) is 10.9. The Morgan fingerprint density at radius 3 is 2.50 bits per heavy atom. The van der Waals surface area contributed by atoms with Gasteiger partial charge in [-0.05, 0) is 26.8 Å². The minimum Gasteiger partial charge on any atom is -0.382 e. The molecule has 0 aliphatic carbocycles. The fourth-order valence-corrected chi connectivity index (χ4v) is 1.22. The summed E-state index contributed by atoms with van der Waals surface area (Å²) in [4.78, 5) is 0. The van der Waals surface area contributed by atoms with Crippen molar-refractivity contribution >= 4 is 0 Å². The lowest BCUT2D eigenvalue weighted by atomic mass is 10.1. The molecular weight excluding hydrogens is 178 g/mol. The molecule has 0 aromatic carbocycles. The predicted octanol–water partition coefficient (Wildman–Crippen LogP) is 1.82. The first-order valence-electron chi connectivity index (χ1n) is 5.55. The van der Waals surface area contributed by atoms with Crippen molar-refractivity contribution in [2.24, 2.45) is 0 Å². The molecule has 0 aliphatic heterocycles. The first-order chi connectivity index (χ1) is 6.81. The summed E-state index contributed by atoms with van der Waals surface area (Å²) in [5.74, 6) is 0. The Morgan fingerprint density at radius 1 is 1.07 bits per heavy atom. The standard InChI is InChI=1S/C11H25NO2/c1-11(12-2)7-5-4-6-8-14-10-9-13-3/h11-12H,4-10H2,1-3H3. The van der Waals surface area contributed by atoms with E-state index >= 15 is 0 Å². The van der Waals surface area contributed by atoms with Gasteiger partial charge in [-0.15, -0.1) is 0 Å². The second kappa shape index (κ2) is 11.0. The van der Waals surface area contributed by atoms with E-state index in [1.807, 2.05) is 7.05 Å². The molecule has 0 radical (unpaired) electrons. The van der Waals surface area contributed by atoms with E-state index in [1.165, 1.54) is 25.7 Å². The molecule has 3 heteroatoms. The average molecular weight is 203 g/mol. The zero-order valence-electron chi connectivity index (χ0n) is 9.84. The minimum absolute atomic E-state index is 0.643. The SMILES string of the molecule is CNC(C)CCCCCOCCOC. The second-order valence-electron chi connectivity index (χ2n) is 3.64. The number of hydrogen-bond donors (Lipinski definition) is 1. The maximum atomic E-state index is 5.37. The van der Waals surface area contributed by atoms with Crippen LogP contribution >= 0.6 is 0 Å². The third-order valence-electron chi connectivity index (χ3n) is 2.35. The molecule has 1 N–H and O–H groups in total. The minimum atomic E-state index is 0.643. The summed E-state index contributed by atoms with van der Waals surface area (Å²) >= 11 is 0. The van der Waals surface area contributed by atoms with Crippen molar-refractivity contribution in [3.05, 3.63) is 0 Å². The van der Waals surface area contributed by atoms with Gasteiger partial charge in [-0.3, -0.25) is 0 Å². The Bertz CT molecular complexity index is 109. The van der Waals surface area contributed by atoms with E-state index in [-0.39, 0.29) is 0 Å². The highest BCUT2D eigenvalue weighted by molar-refractivity contribution is 4.56. The molecule has 86 valence electrons. The summed E-state index contributed by atoms with van der Waals surface area (Å²) in [5, 5.41) is 3.24. The molecule has 0 bridgehead atoms. The van der Waals surface area contributed by atoms with Crippen molar-refractivity contribution < 1.29 is 9.47 Å². The highest BCUT2D eigenvalue weighted by Gasteiger charge is 1.97. The molecule has 0 heterocycles. The Balaban J connectivity index is 2.92. The van der Waals surface area contributed by atoms with Gasteiger partial charge in [-0.1, -0.05) is 12.8 Å². The van der Waals surface area contributed by atoms with Crippen molar-refractivity contribution in [3.63, 3.8) is 0 Å². The highest BCUT2D eigenvalue weighted by atomic mass is 16.5. The summed E-state index contributed by atoms with van der Waals surface area (Å²) < 4.78 is 10.2. The molecule has 0 fully saturated rings. The highest BCUT2D eigenvalue weighted by Crippen LogP contribution is 2.03. The van der Waals surface area contributed by atoms with Gasteiger partial charge in [0.1, 0.15) is 0 Å². The van der Waals surface area contributed by atoms with Gasteiger partial charge in [0.05, 0.1) is 13.2 Å². The van der Waals surface area contributed by atoms with Crippen molar-refractivity contribution in [2.75, 3.05) is 34.0 Å². The van der Waals surface area contributed by atoms with E-state index < -0.39 is 0 Å². The van der Waals surface area contributed by atoms with Crippen LogP contribution in [0.25, 0.3) is 0 Å². The quantitative estimate of drug-likeness (QED) is 0.549. The third kappa shape index (κ3) is 9.96. The molecule has 14 heavy (non-hydrogen) atoms. The van der Waals surface area contributed by atoms with Crippen LogP contribution in [0, 0.1) is 0 Å². The summed E-state index contributed by atoms with van der Waals surface area (Å²) in [5.41, 5.74) is 0. The van der Waals surface area contributed by atoms with Crippen molar-refractivity contribution in [1.29, 1.82) is 0 Å². The monoisotopic (exact) mass is 203 g/mol. The van der Waals surface area contributed by atoms with E-state index in [0.29, 0.717) is 12.6 Å². The first-order valence-corrected chi connectivity index (χ1v) is 5.55. The maximum absolute atomic E-state index is 5.37. The van der Waals surface area contributed by atoms with Crippen molar-refractivity contribution in [1.82, 2.24) is 5.32 Å². The van der Waals surface area contributed by atoms with Crippen LogP contribution in [0.1, 0.15) is 32.6 Å². The molecule has 0 saturated carbocycles. The Labute approximate surface area is 88.2 Å². The van der Waals surface area contributed by atoms with Crippen LogP contribution in [0.15, 0.2) is 0 Å². The largest absolute Gasteiger partial charge is 0.382 e. The number of hydrogen-bond acceptors (Lipinski definition) is 3. The number of rotatable bonds is 10. The summed E-state index contributed by atoms with van der Waals surface area (Å²) in [7, 11) is 3.71. The van der Waals surface area contributed by atoms with Crippen LogP contribution in [-0.4, -0.2) is 40.0 Å². The summed E-state index contributed by atoms with van der Waals surface area (Å²) in [6, 6.07) is 0.643. The van der Waals surface area contributed by atoms with Crippen LogP contribution in [0.5, 0.6) is 0 Å². The fraction of sp³-hybridized carbons (Fsp3) is 1.00. The van der Waals surface area contributed by atoms with Crippen LogP contribution in [0.2, 0.25) is 0 Å². The molecule has 0 rings (SSSR count). The van der Waals surface area contributed by atoms with Gasteiger partial charge in [-0.2, -0.15) is 0 Å². The third-order valence-corrected chi connectivity index (χ3v) is 2.35. The van der Waals surface area contributed by atoms with Gasteiger partial charge in [0.25, 0.3) is 0 Å². The second-order valence-corrected chi connectivity index (χ2v) is 3.64. The molecule has 0 aliphatic rings. The van der Waals surface area contributed by atoms with Gasteiger partial charge in [0, 0.05) is 19.8 Å². The molecule has 0 aromatic rings. The molecule has 0 aromatic heterocycles. The summed E-state index contributed by atoms with van der Waals surface area (Å²) in [6.45, 7) is 4.52. The zero-order valence-corrected chi connectivity index (χ0v) is 9.84. The van der Waals surface area contributed by atoms with E-state index in [0.717, 1.165) is 13.2 Å². The van der Waals surface area contributed by atoms with Gasteiger partial charge >= 0.3 is 0 Å². The van der Waals surface area contributed by atoms with E-state index in [9.17, 15) is 0 Å². The molecule has 3 nitrogen and oxygen atoms in total. The first kappa shape index (κ1) is 13.9. The Morgan fingerprint density at radius 2 is 1.86 bits per heavy atom. The Hall–Kier alpha value is -0.120. The predicted molar refractivity (Wildman–Crippen MR) is 59.7 cm³/mol. The maximum Gasteiger partial charge on any atom is 0.0700 e. The van der Waals surface area contributed by atoms with Crippen LogP contribution < -0.4 is 5.32 Å². The smallest absolute Gasteiger partial charge is 0.0700 e. The molecule has 0 saturated heterocycles. The van der Waals surface area contributed by atoms with Gasteiger partial charge in [-0.25, -0.2) is 0 Å². The van der Waals surface area contributed by atoms with Crippen LogP contribution in [0.3, 0.4) is 0 Å². The van der Waals surface area contributed by atoms with E-state index in [4.69, 9.17) is 9.47 Å². The summed E-state index contributed by atoms with van der Waals surface area (Å²) in [6.07, 6.45) is 4.98. The molecule has 0 spiro atoms. The number of nitrogens with one attached hydrogen (secondary N) is 1. The molecule has 1 atom stereocenters. The lowest BCUT2D eigenvalue weighted by Gasteiger charge is -2.09. The van der Waals surface area contributed by atoms with Gasteiger partial charge in [0.15, 0.2) is 0 Å². The van der Waals surface area contributed by atoms with Gasteiger partial charge < -0.3 is 14.8 Å². The van der Waals surface area contributed by atoms with Crippen LogP contribution in [0.4, 0.5) is 0 Å². The lowest BCUT2D eigenvalue weighted by molar-refractivity contribution is 0.0685. The van der Waals surface area contributed by atoms with E-state index in [2.05, 4.69) is 12.2 Å². The van der Waals surface area contributed by atoms with Crippen molar-refractivity contribution in [2.45, 2.75) is 38.6 Å². The molecular formula is C11H25NO2. The lowest BCUT2D eigenvalue weighted by Crippen LogP contribution is -2.20. The average Bonchev–Trinajstić information content (AvgIpc) is 2.21. The molecule has 1 unspecified atom stereocenters. The van der Waals surface area contributed by atoms with Gasteiger partial charge in [0.2, 0.25) is 0 Å². The fourth-order valence-electron chi connectivity index (χ4n) is 1.22. The molecule has 0 amide bonds. The van der Waals surface area contributed by atoms with Crippen LogP contribution in [-0.2, 0) is 9.47 Å². The number of ether oxygens (including phenoxy) is 2. The van der Waals surface area contributed by atoms with Crippen molar-refractivity contribution in [3.8, 4) is 0 Å². The zero-order chi connectivity index (χ0) is 10.6. The normalized spacial score (nSPS) is 13.1. The van der Waals surface area contributed by atoms with E-state index in [1.54, 1.807) is 7.11 Å². The number of methoxy groups -OCH3 is 1.